The smallest absolute Gasteiger partial charge is 0.339 e. The largest absolute Gasteiger partial charge is 0.465 e. The fourth-order valence-corrected chi connectivity index (χ4v) is 3.93. The number of methoxy groups -OCH3 is 1. The maximum Gasteiger partial charge on any atom is 0.339 e. The van der Waals surface area contributed by atoms with E-state index in [4.69, 9.17) is 0 Å². The second kappa shape index (κ2) is 7.56. The van der Waals surface area contributed by atoms with Gasteiger partial charge >= 0.3 is 5.97 Å². The van der Waals surface area contributed by atoms with Crippen LogP contribution in [0.3, 0.4) is 0 Å². The van der Waals surface area contributed by atoms with Gasteiger partial charge in [0.05, 0.1) is 24.1 Å². The number of rotatable bonds is 6. The van der Waals surface area contributed by atoms with Crippen LogP contribution in [0.1, 0.15) is 29.6 Å². The molecule has 1 aromatic carbocycles. The van der Waals surface area contributed by atoms with E-state index in [9.17, 15) is 18.0 Å². The predicted molar refractivity (Wildman–Crippen MR) is 85.6 cm³/mol. The Bertz CT molecular complexity index is 681. The molecule has 0 aromatic heterocycles. The summed E-state index contributed by atoms with van der Waals surface area (Å²) < 4.78 is 30.2. The molecule has 0 atom stereocenters. The van der Waals surface area contributed by atoms with Gasteiger partial charge in [0, 0.05) is 19.5 Å². The van der Waals surface area contributed by atoms with Crippen molar-refractivity contribution in [3.8, 4) is 0 Å². The summed E-state index contributed by atoms with van der Waals surface area (Å²) in [5, 5.41) is 2.57. The molecule has 0 saturated carbocycles. The molecule has 7 nitrogen and oxygen atoms in total. The van der Waals surface area contributed by atoms with Crippen LogP contribution in [0.4, 0.5) is 5.69 Å². The van der Waals surface area contributed by atoms with Gasteiger partial charge in [-0.25, -0.2) is 17.5 Å². The number of para-hydroxylation sites is 1. The number of ether oxygens (including phenoxy) is 1. The van der Waals surface area contributed by atoms with Crippen molar-refractivity contribution in [3.05, 3.63) is 29.8 Å². The van der Waals surface area contributed by atoms with Gasteiger partial charge in [0.2, 0.25) is 15.9 Å². The topological polar surface area (TPSA) is 92.8 Å². The highest BCUT2D eigenvalue weighted by Crippen LogP contribution is 2.17. The molecule has 0 aliphatic carbocycles. The Balaban J connectivity index is 1.96. The number of hydrogen-bond acceptors (Lipinski definition) is 5. The molecule has 23 heavy (non-hydrogen) atoms. The van der Waals surface area contributed by atoms with E-state index in [1.807, 2.05) is 0 Å². The Morgan fingerprint density at radius 3 is 2.52 bits per heavy atom. The van der Waals surface area contributed by atoms with Crippen molar-refractivity contribution in [2.45, 2.75) is 19.3 Å². The van der Waals surface area contributed by atoms with Gasteiger partial charge in [-0.1, -0.05) is 12.1 Å². The highest BCUT2D eigenvalue weighted by molar-refractivity contribution is 7.89. The van der Waals surface area contributed by atoms with E-state index >= 15 is 0 Å². The molecular formula is C15H20N2O5S. The number of amides is 1. The van der Waals surface area contributed by atoms with E-state index in [-0.39, 0.29) is 17.7 Å². The molecule has 2 rings (SSSR count). The number of nitrogens with zero attached hydrogens (tertiary/aromatic N) is 1. The molecule has 1 fully saturated rings. The summed E-state index contributed by atoms with van der Waals surface area (Å²) in [6.07, 6.45) is 1.56. The van der Waals surface area contributed by atoms with Crippen LogP contribution in [-0.2, 0) is 19.6 Å². The fraction of sp³-hybridized carbons (Fsp3) is 0.467. The zero-order valence-electron chi connectivity index (χ0n) is 12.9. The van der Waals surface area contributed by atoms with Crippen LogP contribution in [0.2, 0.25) is 0 Å². The second-order valence-electron chi connectivity index (χ2n) is 5.26. The molecule has 126 valence electrons. The van der Waals surface area contributed by atoms with Crippen molar-refractivity contribution in [1.29, 1.82) is 0 Å². The Morgan fingerprint density at radius 1 is 1.22 bits per heavy atom. The zero-order chi connectivity index (χ0) is 16.9. The van der Waals surface area contributed by atoms with Crippen molar-refractivity contribution in [2.24, 2.45) is 0 Å². The van der Waals surface area contributed by atoms with Crippen LogP contribution in [0.5, 0.6) is 0 Å². The first kappa shape index (κ1) is 17.4. The number of nitrogens with one attached hydrogen (secondary N) is 1. The lowest BCUT2D eigenvalue weighted by Crippen LogP contribution is -2.31. The molecule has 1 amide bonds. The molecule has 1 saturated heterocycles. The first-order valence-corrected chi connectivity index (χ1v) is 9.00. The molecule has 1 aromatic rings. The third-order valence-electron chi connectivity index (χ3n) is 3.65. The number of anilines is 1. The molecule has 0 radical (unpaired) electrons. The standard InChI is InChI=1S/C15H20N2O5S/c1-22-15(19)12-6-2-3-7-13(12)16-14(18)8-11-23(20,21)17-9-4-5-10-17/h2-3,6-7H,4-5,8-11H2,1H3,(H,16,18). The van der Waals surface area contributed by atoms with E-state index in [0.717, 1.165) is 12.8 Å². The molecule has 0 unspecified atom stereocenters. The molecule has 1 N–H and O–H groups in total. The highest BCUT2D eigenvalue weighted by Gasteiger charge is 2.25. The molecule has 0 spiro atoms. The lowest BCUT2D eigenvalue weighted by atomic mass is 10.2. The van der Waals surface area contributed by atoms with Gasteiger partial charge in [-0.15, -0.1) is 0 Å². The summed E-state index contributed by atoms with van der Waals surface area (Å²) in [7, 11) is -2.14. The van der Waals surface area contributed by atoms with Crippen molar-refractivity contribution in [3.63, 3.8) is 0 Å². The van der Waals surface area contributed by atoms with Crippen LogP contribution >= 0.6 is 0 Å². The molecule has 1 aliphatic rings. The average molecular weight is 340 g/mol. The van der Waals surface area contributed by atoms with E-state index in [1.165, 1.54) is 17.5 Å². The molecule has 8 heteroatoms. The van der Waals surface area contributed by atoms with Crippen molar-refractivity contribution < 1.29 is 22.7 Å². The molecule has 1 aliphatic heterocycles. The van der Waals surface area contributed by atoms with Gasteiger partial charge in [-0.2, -0.15) is 0 Å². The van der Waals surface area contributed by atoms with Crippen LogP contribution in [-0.4, -0.2) is 50.6 Å². The number of carbonyl (C=O) groups excluding carboxylic acids is 2. The van der Waals surface area contributed by atoms with Crippen LogP contribution < -0.4 is 5.32 Å². The number of hydrogen-bond donors (Lipinski definition) is 1. The van der Waals surface area contributed by atoms with Crippen molar-refractivity contribution in [2.75, 3.05) is 31.3 Å². The Hall–Kier alpha value is -1.93. The van der Waals surface area contributed by atoms with Crippen LogP contribution in [0, 0.1) is 0 Å². The van der Waals surface area contributed by atoms with Crippen molar-refractivity contribution >= 4 is 27.6 Å². The Labute approximate surface area is 135 Å². The maximum absolute atomic E-state index is 12.1. The molecule has 1 heterocycles. The minimum absolute atomic E-state index is 0.158. The number of carbonyl (C=O) groups is 2. The predicted octanol–water partition coefficient (Wildman–Crippen LogP) is 1.23. The first-order valence-electron chi connectivity index (χ1n) is 7.39. The van der Waals surface area contributed by atoms with E-state index in [2.05, 4.69) is 10.1 Å². The Morgan fingerprint density at radius 2 is 1.87 bits per heavy atom. The molecular weight excluding hydrogens is 320 g/mol. The van der Waals surface area contributed by atoms with Gasteiger partial charge < -0.3 is 10.1 Å². The summed E-state index contributed by atoms with van der Waals surface area (Å²) in [6, 6.07) is 6.42. The summed E-state index contributed by atoms with van der Waals surface area (Å²) in [6.45, 7) is 1.05. The van der Waals surface area contributed by atoms with Crippen molar-refractivity contribution in [1.82, 2.24) is 4.31 Å². The van der Waals surface area contributed by atoms with E-state index in [1.54, 1.807) is 18.2 Å². The van der Waals surface area contributed by atoms with Gasteiger partial charge in [-0.3, -0.25) is 4.79 Å². The maximum atomic E-state index is 12.1. The quantitative estimate of drug-likeness (QED) is 0.786. The third-order valence-corrected chi connectivity index (χ3v) is 5.52. The number of sulfonamides is 1. The van der Waals surface area contributed by atoms with Gasteiger partial charge in [0.1, 0.15) is 0 Å². The van der Waals surface area contributed by atoms with Gasteiger partial charge in [0.15, 0.2) is 0 Å². The molecule has 0 bridgehead atoms. The Kier molecular flexibility index (Phi) is 5.73. The summed E-state index contributed by atoms with van der Waals surface area (Å²) in [5.41, 5.74) is 0.536. The van der Waals surface area contributed by atoms with E-state index in [0.29, 0.717) is 18.8 Å². The summed E-state index contributed by atoms with van der Waals surface area (Å²) in [5.74, 6) is -1.26. The monoisotopic (exact) mass is 340 g/mol. The first-order chi connectivity index (χ1) is 10.9. The second-order valence-corrected chi connectivity index (χ2v) is 7.35. The third kappa shape index (κ3) is 4.52. The zero-order valence-corrected chi connectivity index (χ0v) is 13.8. The lowest BCUT2D eigenvalue weighted by Gasteiger charge is -2.15. The lowest BCUT2D eigenvalue weighted by molar-refractivity contribution is -0.115. The average Bonchev–Trinajstić information content (AvgIpc) is 3.08. The normalized spacial score (nSPS) is 15.3. The van der Waals surface area contributed by atoms with Gasteiger partial charge in [0.25, 0.3) is 0 Å². The minimum Gasteiger partial charge on any atom is -0.465 e. The summed E-state index contributed by atoms with van der Waals surface area (Å²) in [4.78, 5) is 23.6. The number of esters is 1. The number of benzene rings is 1. The van der Waals surface area contributed by atoms with Crippen LogP contribution in [0.25, 0.3) is 0 Å². The fourth-order valence-electron chi connectivity index (χ4n) is 2.41. The minimum atomic E-state index is -3.40. The van der Waals surface area contributed by atoms with E-state index < -0.39 is 21.9 Å². The highest BCUT2D eigenvalue weighted by atomic mass is 32.2. The van der Waals surface area contributed by atoms with Gasteiger partial charge in [-0.05, 0) is 25.0 Å². The van der Waals surface area contributed by atoms with Crippen LogP contribution in [0.15, 0.2) is 24.3 Å². The SMILES string of the molecule is COC(=O)c1ccccc1NC(=O)CCS(=O)(=O)N1CCCC1. The summed E-state index contributed by atoms with van der Waals surface area (Å²) >= 11 is 0.